The Morgan fingerprint density at radius 2 is 1.95 bits per heavy atom. The highest BCUT2D eigenvalue weighted by Crippen LogP contribution is 2.39. The van der Waals surface area contributed by atoms with E-state index < -0.39 is 0 Å². The fourth-order valence-electron chi connectivity index (χ4n) is 2.22. The monoisotopic (exact) mass is 302 g/mol. The molecule has 0 amide bonds. The Balaban J connectivity index is 2.22. The van der Waals surface area contributed by atoms with Gasteiger partial charge in [0.15, 0.2) is 0 Å². The first-order chi connectivity index (χ1) is 10.1. The van der Waals surface area contributed by atoms with E-state index >= 15 is 0 Å². The van der Waals surface area contributed by atoms with Gasteiger partial charge in [0.1, 0.15) is 11.5 Å². The molecule has 0 saturated carbocycles. The second-order valence-electron chi connectivity index (χ2n) is 4.71. The summed E-state index contributed by atoms with van der Waals surface area (Å²) in [6.07, 6.45) is 0. The van der Waals surface area contributed by atoms with Crippen LogP contribution in [0.1, 0.15) is 5.56 Å². The highest BCUT2D eigenvalue weighted by Gasteiger charge is 2.19. The number of nitrogen functional groups attached to an aromatic ring is 1. The number of aryl methyl sites for hydroxylation is 1. The number of nitrogens with zero attached hydrogens (tertiary/aromatic N) is 1. The number of hydrogen-bond acceptors (Lipinski definition) is 3. The maximum Gasteiger partial charge on any atom is 0.230 e. The molecular weight excluding hydrogens is 291 g/mol. The largest absolute Gasteiger partial charge is 0.367 e. The topological polar surface area (TPSA) is 52.0 Å². The lowest BCUT2D eigenvalue weighted by Crippen LogP contribution is -1.90. The highest BCUT2D eigenvalue weighted by atomic mass is 35.5. The van der Waals surface area contributed by atoms with Gasteiger partial charge in [0.2, 0.25) is 5.88 Å². The third kappa shape index (κ3) is 2.38. The first kappa shape index (κ1) is 13.6. The van der Waals surface area contributed by atoms with Gasteiger partial charge >= 0.3 is 0 Å². The maximum atomic E-state index is 13.4. The summed E-state index contributed by atoms with van der Waals surface area (Å²) in [7, 11) is 0. The van der Waals surface area contributed by atoms with E-state index in [-0.39, 0.29) is 11.7 Å². The van der Waals surface area contributed by atoms with Crippen molar-refractivity contribution in [3.05, 3.63) is 58.9 Å². The molecule has 0 bridgehead atoms. The Bertz CT molecular complexity index is 814. The molecule has 0 aliphatic carbocycles. The van der Waals surface area contributed by atoms with Gasteiger partial charge in [-0.1, -0.05) is 35.0 Å². The summed E-state index contributed by atoms with van der Waals surface area (Å²) in [4.78, 5) is 0. The van der Waals surface area contributed by atoms with Crippen LogP contribution in [0.2, 0.25) is 5.02 Å². The fourth-order valence-corrected chi connectivity index (χ4v) is 2.45. The molecule has 0 fully saturated rings. The summed E-state index contributed by atoms with van der Waals surface area (Å²) >= 11 is 6.22. The van der Waals surface area contributed by atoms with Gasteiger partial charge in [-0.15, -0.1) is 0 Å². The normalized spacial score (nSPS) is 10.8. The first-order valence-electron chi connectivity index (χ1n) is 6.34. The van der Waals surface area contributed by atoms with Crippen molar-refractivity contribution in [1.82, 2.24) is 5.16 Å². The second kappa shape index (κ2) is 5.22. The fraction of sp³-hybridized carbons (Fsp3) is 0.0625. The van der Waals surface area contributed by atoms with E-state index in [0.717, 1.165) is 11.1 Å². The van der Waals surface area contributed by atoms with Gasteiger partial charge in [0.05, 0.1) is 5.56 Å². The lowest BCUT2D eigenvalue weighted by molar-refractivity contribution is 0.439. The molecule has 2 N–H and O–H groups in total. The van der Waals surface area contributed by atoms with Crippen LogP contribution in [0, 0.1) is 12.7 Å². The van der Waals surface area contributed by atoms with Crippen LogP contribution < -0.4 is 5.73 Å². The molecular formula is C16H12ClFN2O. The number of anilines is 1. The molecule has 0 aliphatic heterocycles. The van der Waals surface area contributed by atoms with Gasteiger partial charge in [-0.25, -0.2) is 4.39 Å². The Hall–Kier alpha value is -2.33. The summed E-state index contributed by atoms with van der Waals surface area (Å²) in [5, 5.41) is 4.54. The Labute approximate surface area is 126 Å². The molecule has 3 aromatic rings. The Kier molecular flexibility index (Phi) is 3.39. The molecule has 0 saturated heterocycles. The minimum atomic E-state index is -0.269. The van der Waals surface area contributed by atoms with E-state index in [9.17, 15) is 4.39 Å². The molecule has 21 heavy (non-hydrogen) atoms. The van der Waals surface area contributed by atoms with Crippen molar-refractivity contribution in [1.29, 1.82) is 0 Å². The zero-order valence-corrected chi connectivity index (χ0v) is 12.0. The zero-order valence-electron chi connectivity index (χ0n) is 11.2. The van der Waals surface area contributed by atoms with Crippen molar-refractivity contribution in [2.24, 2.45) is 0 Å². The van der Waals surface area contributed by atoms with Crippen LogP contribution in [-0.4, -0.2) is 5.16 Å². The molecule has 0 radical (unpaired) electrons. The predicted molar refractivity (Wildman–Crippen MR) is 81.5 cm³/mol. The average molecular weight is 303 g/mol. The number of halogens is 2. The van der Waals surface area contributed by atoms with Crippen LogP contribution in [0.5, 0.6) is 0 Å². The molecule has 1 heterocycles. The van der Waals surface area contributed by atoms with Gasteiger partial charge in [-0.3, -0.25) is 0 Å². The van der Waals surface area contributed by atoms with Crippen LogP contribution in [0.4, 0.5) is 10.3 Å². The van der Waals surface area contributed by atoms with Crippen molar-refractivity contribution in [3.63, 3.8) is 0 Å². The van der Waals surface area contributed by atoms with Crippen molar-refractivity contribution < 1.29 is 8.91 Å². The summed E-state index contributed by atoms with van der Waals surface area (Å²) in [5.41, 5.74) is 9.03. The number of hydrogen-bond donors (Lipinski definition) is 1. The Morgan fingerprint density at radius 1 is 1.19 bits per heavy atom. The molecule has 1 aromatic heterocycles. The van der Waals surface area contributed by atoms with Crippen molar-refractivity contribution in [3.8, 4) is 22.4 Å². The molecule has 0 aliphatic rings. The highest BCUT2D eigenvalue weighted by molar-refractivity contribution is 6.33. The summed E-state index contributed by atoms with van der Waals surface area (Å²) in [6, 6.07) is 12.0. The maximum absolute atomic E-state index is 13.4. The molecule has 5 heteroatoms. The van der Waals surface area contributed by atoms with E-state index in [1.54, 1.807) is 25.1 Å². The van der Waals surface area contributed by atoms with Gasteiger partial charge in [-0.05, 0) is 36.8 Å². The minimum Gasteiger partial charge on any atom is -0.367 e. The van der Waals surface area contributed by atoms with Gasteiger partial charge in [0, 0.05) is 16.1 Å². The first-order valence-corrected chi connectivity index (χ1v) is 6.72. The average Bonchev–Trinajstić information content (AvgIpc) is 2.84. The van der Waals surface area contributed by atoms with E-state index in [2.05, 4.69) is 5.16 Å². The molecule has 0 unspecified atom stereocenters. The quantitative estimate of drug-likeness (QED) is 0.747. The van der Waals surface area contributed by atoms with Gasteiger partial charge in [-0.2, -0.15) is 0 Å². The number of benzene rings is 2. The van der Waals surface area contributed by atoms with Gasteiger partial charge in [0.25, 0.3) is 0 Å². The van der Waals surface area contributed by atoms with E-state index in [1.165, 1.54) is 6.07 Å². The van der Waals surface area contributed by atoms with Crippen LogP contribution in [0.25, 0.3) is 22.4 Å². The lowest BCUT2D eigenvalue weighted by Gasteiger charge is -2.06. The van der Waals surface area contributed by atoms with Gasteiger partial charge < -0.3 is 10.3 Å². The molecule has 2 aromatic carbocycles. The summed E-state index contributed by atoms with van der Waals surface area (Å²) in [5.74, 6) is -0.0883. The number of nitrogens with two attached hydrogens (primary N) is 1. The molecule has 3 nitrogen and oxygen atoms in total. The molecule has 106 valence electrons. The lowest BCUT2D eigenvalue weighted by atomic mass is 10.00. The van der Waals surface area contributed by atoms with Crippen LogP contribution in [0.3, 0.4) is 0 Å². The summed E-state index contributed by atoms with van der Waals surface area (Å²) in [6.45, 7) is 1.69. The standard InChI is InChI=1S/C16H12ClFN2O/c1-9-8-10(6-7-13(9)18)15-14(16(19)21-20-15)11-4-2-3-5-12(11)17/h2-8H,19H2,1H3. The van der Waals surface area contributed by atoms with Crippen LogP contribution in [-0.2, 0) is 0 Å². The van der Waals surface area contributed by atoms with Crippen LogP contribution in [0.15, 0.2) is 47.0 Å². The predicted octanol–water partition coefficient (Wildman–Crippen LogP) is 4.69. The SMILES string of the molecule is Cc1cc(-c2noc(N)c2-c2ccccc2Cl)ccc1F. The number of aromatic nitrogens is 1. The third-order valence-corrected chi connectivity index (χ3v) is 3.62. The molecule has 0 atom stereocenters. The Morgan fingerprint density at radius 3 is 2.67 bits per heavy atom. The van der Waals surface area contributed by atoms with Crippen molar-refractivity contribution in [2.75, 3.05) is 5.73 Å². The molecule has 3 rings (SSSR count). The summed E-state index contributed by atoms with van der Waals surface area (Å²) < 4.78 is 18.5. The zero-order chi connectivity index (χ0) is 15.0. The van der Waals surface area contributed by atoms with Crippen molar-refractivity contribution in [2.45, 2.75) is 6.92 Å². The van der Waals surface area contributed by atoms with Crippen molar-refractivity contribution >= 4 is 17.5 Å². The van der Waals surface area contributed by atoms with E-state index in [1.807, 2.05) is 18.2 Å². The number of rotatable bonds is 2. The molecule has 0 spiro atoms. The minimum absolute atomic E-state index is 0.181. The third-order valence-electron chi connectivity index (χ3n) is 3.29. The van der Waals surface area contributed by atoms with E-state index in [0.29, 0.717) is 21.8 Å². The smallest absolute Gasteiger partial charge is 0.230 e. The van der Waals surface area contributed by atoms with E-state index in [4.69, 9.17) is 21.9 Å². The van der Waals surface area contributed by atoms with Crippen LogP contribution >= 0.6 is 11.6 Å². The second-order valence-corrected chi connectivity index (χ2v) is 5.12.